The zero-order valence-electron chi connectivity index (χ0n) is 20.2. The first-order valence-corrected chi connectivity index (χ1v) is 11.4. The van der Waals surface area contributed by atoms with Crippen molar-refractivity contribution >= 4 is 17.5 Å². The Morgan fingerprint density at radius 3 is 2.38 bits per heavy atom. The summed E-state index contributed by atoms with van der Waals surface area (Å²) in [4.78, 5) is 14.9. The molecule has 2 aliphatic heterocycles. The Kier molecular flexibility index (Phi) is 5.15. The second kappa shape index (κ2) is 7.36. The number of carbonyl (C=O) groups is 1. The Morgan fingerprint density at radius 1 is 1.06 bits per heavy atom. The van der Waals surface area contributed by atoms with E-state index in [2.05, 4.69) is 19.9 Å². The summed E-state index contributed by atoms with van der Waals surface area (Å²) >= 11 is 0. The fourth-order valence-corrected chi connectivity index (χ4v) is 4.90. The Labute approximate surface area is 191 Å². The van der Waals surface area contributed by atoms with Crippen molar-refractivity contribution in [2.75, 3.05) is 11.4 Å². The number of fused-ring (bicyclic) bond motifs is 2. The molecule has 2 aliphatic rings. The zero-order chi connectivity index (χ0) is 23.5. The maximum Gasteiger partial charge on any atom is 0.414 e. The van der Waals surface area contributed by atoms with Crippen LogP contribution >= 0.6 is 0 Å². The molecule has 0 bridgehead atoms. The molecule has 0 saturated heterocycles. The highest BCUT2D eigenvalue weighted by Crippen LogP contribution is 2.44. The van der Waals surface area contributed by atoms with Crippen molar-refractivity contribution in [1.82, 2.24) is 0 Å². The van der Waals surface area contributed by atoms with E-state index in [4.69, 9.17) is 4.74 Å². The molecule has 0 aromatic heterocycles. The van der Waals surface area contributed by atoms with Crippen molar-refractivity contribution < 1.29 is 14.3 Å². The van der Waals surface area contributed by atoms with Gasteiger partial charge in [-0.05, 0) is 64.3 Å². The number of ether oxygens (including phenoxy) is 1. The van der Waals surface area contributed by atoms with E-state index in [9.17, 15) is 10.0 Å². The Bertz CT molecular complexity index is 1090. The molecule has 170 valence electrons. The Balaban J connectivity index is 1.84. The van der Waals surface area contributed by atoms with Crippen LogP contribution in [0.4, 0.5) is 10.5 Å². The number of carbonyl (C=O) groups excluding carboxylic acids is 1. The van der Waals surface area contributed by atoms with Crippen LogP contribution in [0, 0.1) is 11.1 Å². The summed E-state index contributed by atoms with van der Waals surface area (Å²) in [6, 6.07) is 16.1. The third-order valence-corrected chi connectivity index (χ3v) is 7.28. The van der Waals surface area contributed by atoms with Crippen molar-refractivity contribution in [3.8, 4) is 0 Å². The van der Waals surface area contributed by atoms with Crippen molar-refractivity contribution in [3.05, 3.63) is 70.4 Å². The van der Waals surface area contributed by atoms with Gasteiger partial charge in [-0.25, -0.2) is 9.53 Å². The molecular weight excluding hydrogens is 400 g/mol. The van der Waals surface area contributed by atoms with Crippen molar-refractivity contribution in [3.63, 3.8) is 0 Å². The van der Waals surface area contributed by atoms with Gasteiger partial charge in [0.1, 0.15) is 5.60 Å². The first-order chi connectivity index (χ1) is 14.8. The largest absolute Gasteiger partial charge is 0.623 e. The minimum Gasteiger partial charge on any atom is -0.623 e. The summed E-state index contributed by atoms with van der Waals surface area (Å²) in [6.07, 6.45) is 0.324. The van der Waals surface area contributed by atoms with Gasteiger partial charge in [0.25, 0.3) is 0 Å². The van der Waals surface area contributed by atoms with Crippen LogP contribution in [0.2, 0.25) is 0 Å². The average molecular weight is 435 g/mol. The second-order valence-electron chi connectivity index (χ2n) is 11.0. The summed E-state index contributed by atoms with van der Waals surface area (Å²) in [5.41, 5.74) is 3.27. The molecule has 2 aromatic carbocycles. The quantitative estimate of drug-likeness (QED) is 0.429. The molecule has 0 N–H and O–H groups in total. The number of amides is 1. The first-order valence-electron chi connectivity index (χ1n) is 11.4. The average Bonchev–Trinajstić information content (AvgIpc) is 2.71. The highest BCUT2D eigenvalue weighted by Gasteiger charge is 2.53. The van der Waals surface area contributed by atoms with E-state index in [0.29, 0.717) is 13.0 Å². The fourth-order valence-electron chi connectivity index (χ4n) is 4.90. The number of anilines is 1. The van der Waals surface area contributed by atoms with Crippen LogP contribution in [0.25, 0.3) is 0 Å². The number of nitrogens with zero attached hydrogens (tertiary/aromatic N) is 2. The molecule has 0 saturated carbocycles. The normalized spacial score (nSPS) is 21.6. The lowest BCUT2D eigenvalue weighted by Crippen LogP contribution is -2.58. The Hall–Kier alpha value is -2.82. The van der Waals surface area contributed by atoms with Crippen LogP contribution < -0.4 is 4.90 Å². The molecule has 5 heteroatoms. The molecule has 1 unspecified atom stereocenters. The van der Waals surface area contributed by atoms with Gasteiger partial charge in [0.05, 0.1) is 17.0 Å². The van der Waals surface area contributed by atoms with Crippen LogP contribution in [-0.4, -0.2) is 34.2 Å². The zero-order valence-corrected chi connectivity index (χ0v) is 20.2. The van der Waals surface area contributed by atoms with E-state index >= 15 is 0 Å². The topological polar surface area (TPSA) is 55.6 Å². The van der Waals surface area contributed by atoms with Gasteiger partial charge in [-0.3, -0.25) is 4.90 Å². The standard InChI is InChI=1S/C27H34N2O3/c1-25(2,3)32-24(30)28-17-19(16-18-12-8-11-15-22(18)28)23-20-13-9-10-14-21(20)26(4,5)27(6,7)29(23)31/h8-15,19H,16-17H2,1-7H3. The van der Waals surface area contributed by atoms with Gasteiger partial charge in [0.2, 0.25) is 0 Å². The minimum atomic E-state index is -0.635. The van der Waals surface area contributed by atoms with Gasteiger partial charge in [0, 0.05) is 26.0 Å². The molecule has 0 aliphatic carbocycles. The van der Waals surface area contributed by atoms with Gasteiger partial charge in [0.15, 0.2) is 11.3 Å². The van der Waals surface area contributed by atoms with E-state index in [1.807, 2.05) is 77.1 Å². The molecule has 0 radical (unpaired) electrons. The molecular formula is C27H34N2O3. The van der Waals surface area contributed by atoms with Crippen LogP contribution in [-0.2, 0) is 16.6 Å². The summed E-state index contributed by atoms with van der Waals surface area (Å²) in [5.74, 6) is -0.133. The number of para-hydroxylation sites is 1. The molecule has 0 fully saturated rings. The number of rotatable bonds is 1. The summed E-state index contributed by atoms with van der Waals surface area (Å²) in [5, 5.41) is 13.9. The predicted octanol–water partition coefficient (Wildman–Crippen LogP) is 5.67. The Morgan fingerprint density at radius 2 is 1.69 bits per heavy atom. The third-order valence-electron chi connectivity index (χ3n) is 7.28. The lowest BCUT2D eigenvalue weighted by Gasteiger charge is -2.46. The van der Waals surface area contributed by atoms with Crippen LogP contribution in [0.15, 0.2) is 48.5 Å². The summed E-state index contributed by atoms with van der Waals surface area (Å²) in [7, 11) is 0. The molecule has 5 nitrogen and oxygen atoms in total. The van der Waals surface area contributed by atoms with Gasteiger partial charge < -0.3 is 9.94 Å². The van der Waals surface area contributed by atoms with Crippen LogP contribution in [0.1, 0.15) is 65.2 Å². The van der Waals surface area contributed by atoms with Crippen molar-refractivity contribution in [2.24, 2.45) is 5.92 Å². The number of hydrogen-bond acceptors (Lipinski definition) is 3. The van der Waals surface area contributed by atoms with Gasteiger partial charge in [-0.15, -0.1) is 0 Å². The van der Waals surface area contributed by atoms with E-state index < -0.39 is 11.1 Å². The molecule has 0 spiro atoms. The summed E-state index contributed by atoms with van der Waals surface area (Å²) in [6.45, 7) is 14.3. The molecule has 32 heavy (non-hydrogen) atoms. The maximum absolute atomic E-state index is 13.9. The van der Waals surface area contributed by atoms with Crippen molar-refractivity contribution in [1.29, 1.82) is 0 Å². The van der Waals surface area contributed by atoms with E-state index in [0.717, 1.165) is 22.5 Å². The monoisotopic (exact) mass is 434 g/mol. The number of benzene rings is 2. The van der Waals surface area contributed by atoms with Crippen LogP contribution in [0.3, 0.4) is 0 Å². The van der Waals surface area contributed by atoms with E-state index in [1.54, 1.807) is 4.90 Å². The fraction of sp³-hybridized carbons (Fsp3) is 0.481. The molecule has 2 heterocycles. The molecule has 1 amide bonds. The number of hydroxylamine groups is 1. The van der Waals surface area contributed by atoms with Gasteiger partial charge >= 0.3 is 6.09 Å². The lowest BCUT2D eigenvalue weighted by atomic mass is 9.64. The second-order valence-corrected chi connectivity index (χ2v) is 11.0. The lowest BCUT2D eigenvalue weighted by molar-refractivity contribution is -0.558. The highest BCUT2D eigenvalue weighted by molar-refractivity contribution is 6.03. The third kappa shape index (κ3) is 3.48. The minimum absolute atomic E-state index is 0.133. The maximum atomic E-state index is 13.9. The van der Waals surface area contributed by atoms with Gasteiger partial charge in [-0.2, -0.15) is 0 Å². The predicted molar refractivity (Wildman–Crippen MR) is 128 cm³/mol. The molecule has 1 atom stereocenters. The van der Waals surface area contributed by atoms with E-state index in [1.165, 1.54) is 10.3 Å². The smallest absolute Gasteiger partial charge is 0.414 e. The van der Waals surface area contributed by atoms with Crippen LogP contribution in [0.5, 0.6) is 0 Å². The molecule has 4 rings (SSSR count). The molecule has 2 aromatic rings. The van der Waals surface area contributed by atoms with Gasteiger partial charge in [-0.1, -0.05) is 36.4 Å². The highest BCUT2D eigenvalue weighted by atomic mass is 16.6. The van der Waals surface area contributed by atoms with E-state index in [-0.39, 0.29) is 17.4 Å². The first kappa shape index (κ1) is 22.4. The summed E-state index contributed by atoms with van der Waals surface area (Å²) < 4.78 is 6.94. The SMILES string of the molecule is CC(C)(C)OC(=O)N1CC(C2=[N+]([O-])C(C)(C)C(C)(C)c3ccccc32)Cc2ccccc21. The van der Waals surface area contributed by atoms with Crippen molar-refractivity contribution in [2.45, 2.75) is 71.4 Å². The number of hydrogen-bond donors (Lipinski definition) is 0.